The third-order valence-electron chi connectivity index (χ3n) is 2.43. The largest absolute Gasteiger partial charge is 0.433 e. The first-order valence-corrected chi connectivity index (χ1v) is 5.18. The molecule has 2 rings (SSSR count). The van der Waals surface area contributed by atoms with Crippen molar-refractivity contribution in [1.29, 1.82) is 0 Å². The van der Waals surface area contributed by atoms with E-state index in [0.29, 0.717) is 6.07 Å². The summed E-state index contributed by atoms with van der Waals surface area (Å²) in [5, 5.41) is 0. The topological polar surface area (TPSA) is 42.9 Å². The maximum Gasteiger partial charge on any atom is 0.433 e. The molecule has 0 fully saturated rings. The molecule has 1 heterocycles. The predicted molar refractivity (Wildman–Crippen MR) is 57.8 cm³/mol. The number of aldehydes is 1. The molecule has 0 aliphatic heterocycles. The Bertz CT molecular complexity index is 669. The lowest BCUT2D eigenvalue weighted by Gasteiger charge is -2.08. The Balaban J connectivity index is 2.58. The summed E-state index contributed by atoms with van der Waals surface area (Å²) in [6, 6.07) is 2.49. The molecule has 20 heavy (non-hydrogen) atoms. The van der Waals surface area contributed by atoms with Gasteiger partial charge in [-0.3, -0.25) is 4.79 Å². The first-order chi connectivity index (χ1) is 9.34. The summed E-state index contributed by atoms with van der Waals surface area (Å²) in [6.45, 7) is 0. The third-order valence-corrected chi connectivity index (χ3v) is 2.43. The van der Waals surface area contributed by atoms with E-state index in [0.717, 1.165) is 18.3 Å². The Labute approximate surface area is 109 Å². The van der Waals surface area contributed by atoms with Gasteiger partial charge in [-0.2, -0.15) is 13.2 Å². The van der Waals surface area contributed by atoms with Crippen molar-refractivity contribution in [1.82, 2.24) is 9.97 Å². The molecule has 0 atom stereocenters. The molecule has 0 unspecified atom stereocenters. The number of nitrogens with zero attached hydrogens (tertiary/aromatic N) is 2. The molecule has 1 aromatic carbocycles. The van der Waals surface area contributed by atoms with Gasteiger partial charge in [0.15, 0.2) is 23.7 Å². The Kier molecular flexibility index (Phi) is 3.47. The van der Waals surface area contributed by atoms with E-state index >= 15 is 0 Å². The Morgan fingerprint density at radius 2 is 1.75 bits per heavy atom. The average molecular weight is 288 g/mol. The summed E-state index contributed by atoms with van der Waals surface area (Å²) in [4.78, 5) is 17.0. The molecule has 0 aliphatic carbocycles. The minimum Gasteiger partial charge on any atom is -0.298 e. The van der Waals surface area contributed by atoms with Gasteiger partial charge in [0.05, 0.1) is 11.1 Å². The van der Waals surface area contributed by atoms with Crippen LogP contribution < -0.4 is 0 Å². The van der Waals surface area contributed by atoms with E-state index < -0.39 is 40.5 Å². The minimum atomic E-state index is -4.73. The maximum absolute atomic E-state index is 13.7. The summed E-state index contributed by atoms with van der Waals surface area (Å²) in [7, 11) is 0. The van der Waals surface area contributed by atoms with E-state index in [1.54, 1.807) is 0 Å². The van der Waals surface area contributed by atoms with Crippen LogP contribution in [0.2, 0.25) is 0 Å². The number of alkyl halides is 3. The van der Waals surface area contributed by atoms with E-state index in [1.807, 2.05) is 0 Å². The zero-order valence-electron chi connectivity index (χ0n) is 9.58. The van der Waals surface area contributed by atoms with Crippen LogP contribution in [0.5, 0.6) is 0 Å². The van der Waals surface area contributed by atoms with Crippen molar-refractivity contribution in [2.45, 2.75) is 6.18 Å². The number of carbonyl (C=O) groups excluding carboxylic acids is 1. The monoisotopic (exact) mass is 288 g/mol. The quantitative estimate of drug-likeness (QED) is 0.629. The molecule has 0 saturated heterocycles. The summed E-state index contributed by atoms with van der Waals surface area (Å²) in [5.41, 5.74) is -2.38. The molecule has 0 radical (unpaired) electrons. The number of benzene rings is 1. The van der Waals surface area contributed by atoms with Crippen molar-refractivity contribution in [2.75, 3.05) is 0 Å². The van der Waals surface area contributed by atoms with E-state index in [1.165, 1.54) is 0 Å². The standard InChI is InChI=1S/C12H5F5N2O/c13-9-6(5-20)1-2-7(10(9)14)11-18-4-3-8(19-11)12(15,16)17/h1-5H. The smallest absolute Gasteiger partial charge is 0.298 e. The fraction of sp³-hybridized carbons (Fsp3) is 0.0833. The molecular weight excluding hydrogens is 283 g/mol. The van der Waals surface area contributed by atoms with Gasteiger partial charge in [0.25, 0.3) is 0 Å². The normalized spacial score (nSPS) is 11.4. The van der Waals surface area contributed by atoms with Crippen molar-refractivity contribution in [3.05, 3.63) is 47.3 Å². The molecule has 3 nitrogen and oxygen atoms in total. The lowest BCUT2D eigenvalue weighted by molar-refractivity contribution is -0.141. The fourth-order valence-electron chi connectivity index (χ4n) is 1.47. The van der Waals surface area contributed by atoms with Crippen LogP contribution in [0.1, 0.15) is 16.1 Å². The van der Waals surface area contributed by atoms with Gasteiger partial charge in [-0.1, -0.05) is 0 Å². The molecular formula is C12H5F5N2O. The first kappa shape index (κ1) is 14.0. The highest BCUT2D eigenvalue weighted by molar-refractivity contribution is 5.77. The first-order valence-electron chi connectivity index (χ1n) is 5.18. The zero-order valence-corrected chi connectivity index (χ0v) is 9.58. The molecule has 0 saturated carbocycles. The average Bonchev–Trinajstić information content (AvgIpc) is 2.41. The van der Waals surface area contributed by atoms with Gasteiger partial charge in [0.2, 0.25) is 0 Å². The van der Waals surface area contributed by atoms with Crippen LogP contribution in [0.4, 0.5) is 22.0 Å². The molecule has 104 valence electrons. The number of hydrogen-bond donors (Lipinski definition) is 0. The maximum atomic E-state index is 13.7. The molecule has 0 N–H and O–H groups in total. The van der Waals surface area contributed by atoms with Crippen molar-refractivity contribution in [2.24, 2.45) is 0 Å². The van der Waals surface area contributed by atoms with Crippen LogP contribution in [-0.4, -0.2) is 16.3 Å². The number of halogens is 5. The summed E-state index contributed by atoms with van der Waals surface area (Å²) in [6.07, 6.45) is -3.85. The predicted octanol–water partition coefficient (Wildman–Crippen LogP) is 3.25. The van der Waals surface area contributed by atoms with Crippen molar-refractivity contribution in [3.8, 4) is 11.4 Å². The van der Waals surface area contributed by atoms with Gasteiger partial charge in [-0.15, -0.1) is 0 Å². The molecule has 2 aromatic rings. The summed E-state index contributed by atoms with van der Waals surface area (Å²) < 4.78 is 64.5. The van der Waals surface area contributed by atoms with Crippen molar-refractivity contribution < 1.29 is 26.7 Å². The van der Waals surface area contributed by atoms with E-state index in [2.05, 4.69) is 9.97 Å². The second-order valence-electron chi connectivity index (χ2n) is 3.71. The van der Waals surface area contributed by atoms with E-state index in [-0.39, 0.29) is 6.29 Å². The molecule has 8 heteroatoms. The van der Waals surface area contributed by atoms with Crippen LogP contribution in [0.25, 0.3) is 11.4 Å². The zero-order chi connectivity index (χ0) is 14.9. The van der Waals surface area contributed by atoms with Gasteiger partial charge in [0.1, 0.15) is 5.69 Å². The Morgan fingerprint density at radius 1 is 1.05 bits per heavy atom. The second-order valence-corrected chi connectivity index (χ2v) is 3.71. The molecule has 0 amide bonds. The lowest BCUT2D eigenvalue weighted by Crippen LogP contribution is -2.09. The summed E-state index contributed by atoms with van der Waals surface area (Å²) in [5.74, 6) is -3.55. The number of carbonyl (C=O) groups is 1. The minimum absolute atomic E-state index is 0.0924. The van der Waals surface area contributed by atoms with E-state index in [9.17, 15) is 26.7 Å². The highest BCUT2D eigenvalue weighted by atomic mass is 19.4. The number of rotatable bonds is 2. The Morgan fingerprint density at radius 3 is 2.35 bits per heavy atom. The Hall–Kier alpha value is -2.38. The molecule has 0 aliphatic rings. The molecule has 0 bridgehead atoms. The van der Waals surface area contributed by atoms with Crippen LogP contribution in [0.15, 0.2) is 24.4 Å². The SMILES string of the molecule is O=Cc1ccc(-c2nccc(C(F)(F)F)n2)c(F)c1F. The van der Waals surface area contributed by atoms with E-state index in [4.69, 9.17) is 0 Å². The highest BCUT2D eigenvalue weighted by Crippen LogP contribution is 2.29. The molecule has 1 aromatic heterocycles. The van der Waals surface area contributed by atoms with Crippen molar-refractivity contribution in [3.63, 3.8) is 0 Å². The second kappa shape index (κ2) is 4.95. The van der Waals surface area contributed by atoms with Crippen LogP contribution in [-0.2, 0) is 6.18 Å². The number of aromatic nitrogens is 2. The van der Waals surface area contributed by atoms with Gasteiger partial charge < -0.3 is 0 Å². The fourth-order valence-corrected chi connectivity index (χ4v) is 1.47. The van der Waals surface area contributed by atoms with Gasteiger partial charge in [-0.25, -0.2) is 18.7 Å². The highest BCUT2D eigenvalue weighted by Gasteiger charge is 2.33. The van der Waals surface area contributed by atoms with Gasteiger partial charge in [0, 0.05) is 6.20 Å². The van der Waals surface area contributed by atoms with Crippen LogP contribution in [0, 0.1) is 11.6 Å². The van der Waals surface area contributed by atoms with Crippen LogP contribution in [0.3, 0.4) is 0 Å². The van der Waals surface area contributed by atoms with Crippen molar-refractivity contribution >= 4 is 6.29 Å². The molecule has 0 spiro atoms. The van der Waals surface area contributed by atoms with Gasteiger partial charge >= 0.3 is 6.18 Å². The lowest BCUT2D eigenvalue weighted by atomic mass is 10.1. The van der Waals surface area contributed by atoms with Gasteiger partial charge in [-0.05, 0) is 18.2 Å². The number of hydrogen-bond acceptors (Lipinski definition) is 3. The third kappa shape index (κ3) is 2.49. The summed E-state index contributed by atoms with van der Waals surface area (Å²) >= 11 is 0. The van der Waals surface area contributed by atoms with Crippen LogP contribution >= 0.6 is 0 Å².